The number of methoxy groups -OCH3 is 1. The zero-order chi connectivity index (χ0) is 19.3. The number of hydrogen-bond donors (Lipinski definition) is 2. The Kier molecular flexibility index (Phi) is 6.84. The number of likely N-dealkylation sites (N-methyl/N-ethyl adjacent to an activating group) is 1. The minimum atomic E-state index is -0.546. The summed E-state index contributed by atoms with van der Waals surface area (Å²) in [6.45, 7) is -0.205. The van der Waals surface area contributed by atoms with E-state index in [4.69, 9.17) is 23.2 Å². The van der Waals surface area contributed by atoms with Crippen molar-refractivity contribution >= 4 is 63.8 Å². The molecule has 0 fully saturated rings. The van der Waals surface area contributed by atoms with E-state index in [1.807, 2.05) is 0 Å². The molecule has 0 bridgehead atoms. The number of urea groups is 1. The highest BCUT2D eigenvalue weighted by Gasteiger charge is 2.18. The van der Waals surface area contributed by atoms with Crippen molar-refractivity contribution in [2.24, 2.45) is 0 Å². The Morgan fingerprint density at radius 2 is 1.88 bits per heavy atom. The van der Waals surface area contributed by atoms with E-state index in [9.17, 15) is 14.4 Å². The molecule has 2 rings (SSSR count). The maximum atomic E-state index is 12.2. The van der Waals surface area contributed by atoms with Crippen molar-refractivity contribution in [3.63, 3.8) is 0 Å². The lowest BCUT2D eigenvalue weighted by molar-refractivity contribution is -0.116. The van der Waals surface area contributed by atoms with E-state index in [1.54, 1.807) is 23.6 Å². The van der Waals surface area contributed by atoms with E-state index < -0.39 is 17.9 Å². The zero-order valence-corrected chi connectivity index (χ0v) is 16.2. The molecule has 0 saturated heterocycles. The van der Waals surface area contributed by atoms with Gasteiger partial charge in [0, 0.05) is 12.7 Å². The van der Waals surface area contributed by atoms with E-state index in [2.05, 4.69) is 15.4 Å². The number of rotatable bonds is 5. The van der Waals surface area contributed by atoms with Gasteiger partial charge in [-0.3, -0.25) is 4.79 Å². The molecule has 0 aliphatic rings. The maximum absolute atomic E-state index is 12.2. The van der Waals surface area contributed by atoms with Gasteiger partial charge in [-0.15, -0.1) is 11.3 Å². The molecular formula is C16H15Cl2N3O4S. The highest BCUT2D eigenvalue weighted by Crippen LogP contribution is 2.25. The third-order valence-corrected chi connectivity index (χ3v) is 4.84. The van der Waals surface area contributed by atoms with Crippen molar-refractivity contribution in [3.8, 4) is 0 Å². The number of ether oxygens (including phenoxy) is 1. The summed E-state index contributed by atoms with van der Waals surface area (Å²) in [4.78, 5) is 37.3. The Morgan fingerprint density at radius 3 is 2.54 bits per heavy atom. The first-order valence-corrected chi connectivity index (χ1v) is 8.88. The molecule has 0 unspecified atom stereocenters. The number of halogens is 2. The van der Waals surface area contributed by atoms with Crippen LogP contribution in [0.25, 0.3) is 0 Å². The van der Waals surface area contributed by atoms with E-state index in [1.165, 1.54) is 25.1 Å². The van der Waals surface area contributed by atoms with Crippen molar-refractivity contribution < 1.29 is 19.1 Å². The van der Waals surface area contributed by atoms with E-state index in [-0.39, 0.29) is 11.4 Å². The van der Waals surface area contributed by atoms with Crippen LogP contribution < -0.4 is 10.6 Å². The number of nitrogens with one attached hydrogen (secondary N) is 2. The van der Waals surface area contributed by atoms with E-state index in [0.29, 0.717) is 21.4 Å². The summed E-state index contributed by atoms with van der Waals surface area (Å²) in [5.41, 5.74) is 0.785. The first-order chi connectivity index (χ1) is 12.3. The maximum Gasteiger partial charge on any atom is 0.350 e. The summed E-state index contributed by atoms with van der Waals surface area (Å²) >= 11 is 12.9. The van der Waals surface area contributed by atoms with Gasteiger partial charge in [-0.1, -0.05) is 23.2 Å². The molecule has 0 spiro atoms. The Balaban J connectivity index is 1.94. The number of carbonyl (C=O) groups excluding carboxylic acids is 3. The van der Waals surface area contributed by atoms with Crippen LogP contribution in [0.1, 0.15) is 9.67 Å². The van der Waals surface area contributed by atoms with Crippen molar-refractivity contribution in [1.29, 1.82) is 0 Å². The normalized spacial score (nSPS) is 10.2. The number of anilines is 2. The standard InChI is InChI=1S/C16H15Cl2N3O4S/c1-21(8-13(22)19-9-3-4-10(17)11(18)7-9)16(24)20-12-5-6-26-14(12)15(23)25-2/h3-7H,8H2,1-2H3,(H,19,22)(H,20,24). The van der Waals surface area contributed by atoms with Crippen LogP contribution in [-0.2, 0) is 9.53 Å². The van der Waals surface area contributed by atoms with Crippen molar-refractivity contribution in [1.82, 2.24) is 4.90 Å². The first-order valence-electron chi connectivity index (χ1n) is 7.24. The minimum Gasteiger partial charge on any atom is -0.465 e. The van der Waals surface area contributed by atoms with Crippen LogP contribution >= 0.6 is 34.5 Å². The molecule has 10 heteroatoms. The molecule has 26 heavy (non-hydrogen) atoms. The number of esters is 1. The van der Waals surface area contributed by atoms with Crippen LogP contribution in [0.3, 0.4) is 0 Å². The fourth-order valence-corrected chi connectivity index (χ4v) is 2.99. The van der Waals surface area contributed by atoms with Crippen molar-refractivity contribution in [2.75, 3.05) is 31.3 Å². The van der Waals surface area contributed by atoms with Crippen LogP contribution in [0.4, 0.5) is 16.2 Å². The topological polar surface area (TPSA) is 87.7 Å². The Hall–Kier alpha value is -2.29. The lowest BCUT2D eigenvalue weighted by atomic mass is 10.3. The van der Waals surface area contributed by atoms with Crippen LogP contribution in [-0.4, -0.2) is 43.5 Å². The molecule has 2 aromatic rings. The summed E-state index contributed by atoms with van der Waals surface area (Å²) in [5.74, 6) is -0.963. The van der Waals surface area contributed by atoms with Crippen LogP contribution in [0.15, 0.2) is 29.6 Å². The van der Waals surface area contributed by atoms with Gasteiger partial charge in [-0.2, -0.15) is 0 Å². The predicted molar refractivity (Wildman–Crippen MR) is 102 cm³/mol. The highest BCUT2D eigenvalue weighted by atomic mass is 35.5. The minimum absolute atomic E-state index is 0.205. The number of nitrogens with zero attached hydrogens (tertiary/aromatic N) is 1. The van der Waals surface area contributed by atoms with Gasteiger partial charge in [-0.25, -0.2) is 9.59 Å². The Labute approximate surface area is 163 Å². The Bertz CT molecular complexity index is 841. The largest absolute Gasteiger partial charge is 0.465 e. The zero-order valence-electron chi connectivity index (χ0n) is 13.8. The van der Waals surface area contributed by atoms with Gasteiger partial charge in [0.25, 0.3) is 0 Å². The number of thiophene rings is 1. The molecule has 0 aliphatic heterocycles. The predicted octanol–water partition coefficient (Wildman–Crippen LogP) is 3.94. The molecule has 0 radical (unpaired) electrons. The second-order valence-electron chi connectivity index (χ2n) is 5.12. The van der Waals surface area contributed by atoms with Gasteiger partial charge in [0.1, 0.15) is 11.4 Å². The monoisotopic (exact) mass is 415 g/mol. The molecule has 2 N–H and O–H groups in total. The second-order valence-corrected chi connectivity index (χ2v) is 6.85. The average molecular weight is 416 g/mol. The van der Waals surface area contributed by atoms with E-state index >= 15 is 0 Å². The lowest BCUT2D eigenvalue weighted by Crippen LogP contribution is -2.37. The van der Waals surface area contributed by atoms with Crippen molar-refractivity contribution in [2.45, 2.75) is 0 Å². The molecule has 0 atom stereocenters. The SMILES string of the molecule is COC(=O)c1sccc1NC(=O)N(C)CC(=O)Nc1ccc(Cl)c(Cl)c1. The third kappa shape index (κ3) is 5.10. The van der Waals surface area contributed by atoms with Gasteiger partial charge in [0.05, 0.1) is 22.8 Å². The Morgan fingerprint density at radius 1 is 1.15 bits per heavy atom. The number of hydrogen-bond acceptors (Lipinski definition) is 5. The fraction of sp³-hybridized carbons (Fsp3) is 0.188. The van der Waals surface area contributed by atoms with Gasteiger partial charge >= 0.3 is 12.0 Å². The number of benzene rings is 1. The van der Waals surface area contributed by atoms with Crippen molar-refractivity contribution in [3.05, 3.63) is 44.6 Å². The van der Waals surface area contributed by atoms with Crippen LogP contribution in [0.2, 0.25) is 10.0 Å². The summed E-state index contributed by atoms with van der Waals surface area (Å²) in [6.07, 6.45) is 0. The van der Waals surface area contributed by atoms with E-state index in [0.717, 1.165) is 11.3 Å². The molecule has 138 valence electrons. The smallest absolute Gasteiger partial charge is 0.350 e. The average Bonchev–Trinajstić information content (AvgIpc) is 3.05. The fourth-order valence-electron chi connectivity index (χ4n) is 1.93. The molecule has 1 heterocycles. The lowest BCUT2D eigenvalue weighted by Gasteiger charge is -2.17. The molecule has 0 saturated carbocycles. The second kappa shape index (κ2) is 8.88. The molecular weight excluding hydrogens is 401 g/mol. The number of carbonyl (C=O) groups is 3. The van der Waals surface area contributed by atoms with Crippen LogP contribution in [0, 0.1) is 0 Å². The van der Waals surface area contributed by atoms with Crippen LogP contribution in [0.5, 0.6) is 0 Å². The molecule has 0 aliphatic carbocycles. The first kappa shape index (κ1) is 20.0. The third-order valence-electron chi connectivity index (χ3n) is 3.21. The summed E-state index contributed by atoms with van der Waals surface area (Å²) in [5, 5.41) is 7.52. The van der Waals surface area contributed by atoms with Gasteiger partial charge in [0.2, 0.25) is 5.91 Å². The summed E-state index contributed by atoms with van der Waals surface area (Å²) in [6, 6.07) is 5.70. The molecule has 7 nitrogen and oxygen atoms in total. The summed E-state index contributed by atoms with van der Waals surface area (Å²) in [7, 11) is 2.71. The summed E-state index contributed by atoms with van der Waals surface area (Å²) < 4.78 is 4.65. The van der Waals surface area contributed by atoms with Gasteiger partial charge < -0.3 is 20.3 Å². The quantitative estimate of drug-likeness (QED) is 0.723. The number of amides is 3. The highest BCUT2D eigenvalue weighted by molar-refractivity contribution is 7.12. The van der Waals surface area contributed by atoms with Gasteiger partial charge in [0.15, 0.2) is 0 Å². The van der Waals surface area contributed by atoms with Gasteiger partial charge in [-0.05, 0) is 29.6 Å². The molecule has 1 aromatic carbocycles. The molecule has 1 aromatic heterocycles. The molecule has 3 amide bonds.